The summed E-state index contributed by atoms with van der Waals surface area (Å²) in [5.74, 6) is 0.483. The molecule has 0 aliphatic carbocycles. The lowest BCUT2D eigenvalue weighted by atomic mass is 10.2. The molecule has 0 aliphatic heterocycles. The number of carbonyl (C=O) groups excluding carboxylic acids is 1. The molecule has 2 rings (SSSR count). The summed E-state index contributed by atoms with van der Waals surface area (Å²) in [5, 5.41) is 0. The molecule has 0 saturated heterocycles. The van der Waals surface area contributed by atoms with Crippen LogP contribution in [-0.2, 0) is 6.54 Å². The molecular weight excluding hydrogens is 233 g/mol. The quantitative estimate of drug-likeness (QED) is 0.777. The SMILES string of the molecule is CC(=O)c1ccc(N(C)Cc2ccccc2F)o1. The van der Waals surface area contributed by atoms with E-state index in [0.29, 0.717) is 23.8 Å². The van der Waals surface area contributed by atoms with E-state index in [-0.39, 0.29) is 11.6 Å². The number of ketones is 1. The average molecular weight is 247 g/mol. The van der Waals surface area contributed by atoms with Crippen LogP contribution in [0, 0.1) is 5.82 Å². The smallest absolute Gasteiger partial charge is 0.196 e. The van der Waals surface area contributed by atoms with Gasteiger partial charge in [0.15, 0.2) is 17.4 Å². The van der Waals surface area contributed by atoms with Crippen LogP contribution >= 0.6 is 0 Å². The van der Waals surface area contributed by atoms with Crippen molar-refractivity contribution >= 4 is 11.7 Å². The van der Waals surface area contributed by atoms with Crippen molar-refractivity contribution in [1.82, 2.24) is 0 Å². The van der Waals surface area contributed by atoms with Crippen LogP contribution in [0.25, 0.3) is 0 Å². The number of nitrogens with zero attached hydrogens (tertiary/aromatic N) is 1. The largest absolute Gasteiger partial charge is 0.437 e. The zero-order valence-electron chi connectivity index (χ0n) is 10.3. The van der Waals surface area contributed by atoms with Crippen LogP contribution in [0.2, 0.25) is 0 Å². The van der Waals surface area contributed by atoms with Crippen molar-refractivity contribution in [2.45, 2.75) is 13.5 Å². The third-order valence-corrected chi connectivity index (χ3v) is 2.68. The molecule has 2 aromatic rings. The van der Waals surface area contributed by atoms with Gasteiger partial charge < -0.3 is 9.32 Å². The van der Waals surface area contributed by atoms with Gasteiger partial charge in [-0.1, -0.05) is 18.2 Å². The Bertz CT molecular complexity index is 562. The Balaban J connectivity index is 2.14. The summed E-state index contributed by atoms with van der Waals surface area (Å²) in [4.78, 5) is 12.9. The molecule has 0 unspecified atom stereocenters. The van der Waals surface area contributed by atoms with E-state index >= 15 is 0 Å². The normalized spacial score (nSPS) is 10.4. The third-order valence-electron chi connectivity index (χ3n) is 2.68. The van der Waals surface area contributed by atoms with Gasteiger partial charge in [0.1, 0.15) is 5.82 Å². The van der Waals surface area contributed by atoms with Gasteiger partial charge in [-0.15, -0.1) is 0 Å². The van der Waals surface area contributed by atoms with Gasteiger partial charge in [0.25, 0.3) is 0 Å². The highest BCUT2D eigenvalue weighted by atomic mass is 19.1. The fourth-order valence-electron chi connectivity index (χ4n) is 1.68. The molecule has 1 heterocycles. The summed E-state index contributed by atoms with van der Waals surface area (Å²) in [5.41, 5.74) is 0.584. The van der Waals surface area contributed by atoms with Crippen molar-refractivity contribution in [3.05, 3.63) is 53.5 Å². The third kappa shape index (κ3) is 2.59. The Labute approximate surface area is 105 Å². The second-order valence-electron chi connectivity index (χ2n) is 4.14. The van der Waals surface area contributed by atoms with Gasteiger partial charge in [0.2, 0.25) is 0 Å². The molecule has 0 fully saturated rings. The fourth-order valence-corrected chi connectivity index (χ4v) is 1.68. The lowest BCUT2D eigenvalue weighted by Crippen LogP contribution is -2.16. The van der Waals surface area contributed by atoms with Crippen molar-refractivity contribution in [3.63, 3.8) is 0 Å². The molecule has 0 spiro atoms. The molecule has 18 heavy (non-hydrogen) atoms. The summed E-state index contributed by atoms with van der Waals surface area (Å²) < 4.78 is 18.9. The number of Topliss-reactive ketones (excluding diaryl/α,β-unsaturated/α-hetero) is 1. The number of rotatable bonds is 4. The van der Waals surface area contributed by atoms with Crippen LogP contribution in [0.4, 0.5) is 10.3 Å². The minimum absolute atomic E-state index is 0.124. The zero-order valence-corrected chi connectivity index (χ0v) is 10.3. The fraction of sp³-hybridized carbons (Fsp3) is 0.214. The second kappa shape index (κ2) is 5.04. The van der Waals surface area contributed by atoms with E-state index in [2.05, 4.69) is 0 Å². The molecular formula is C14H14FNO2. The molecule has 0 radical (unpaired) electrons. The molecule has 3 nitrogen and oxygen atoms in total. The van der Waals surface area contributed by atoms with Gasteiger partial charge >= 0.3 is 0 Å². The van der Waals surface area contributed by atoms with Gasteiger partial charge in [-0.25, -0.2) is 4.39 Å². The van der Waals surface area contributed by atoms with Crippen LogP contribution < -0.4 is 4.90 Å². The van der Waals surface area contributed by atoms with Crippen LogP contribution in [0.5, 0.6) is 0 Å². The summed E-state index contributed by atoms with van der Waals surface area (Å²) in [7, 11) is 1.79. The Morgan fingerprint density at radius 2 is 2.00 bits per heavy atom. The molecule has 0 atom stereocenters. The minimum atomic E-state index is -0.248. The van der Waals surface area contributed by atoms with Crippen molar-refractivity contribution in [2.24, 2.45) is 0 Å². The van der Waals surface area contributed by atoms with Gasteiger partial charge in [-0.05, 0) is 12.1 Å². The van der Waals surface area contributed by atoms with E-state index in [0.717, 1.165) is 0 Å². The molecule has 94 valence electrons. The maximum absolute atomic E-state index is 13.5. The van der Waals surface area contributed by atoms with E-state index in [1.54, 1.807) is 42.3 Å². The number of hydrogen-bond acceptors (Lipinski definition) is 3. The first-order chi connectivity index (χ1) is 8.58. The van der Waals surface area contributed by atoms with E-state index < -0.39 is 0 Å². The maximum atomic E-state index is 13.5. The molecule has 0 N–H and O–H groups in total. The monoisotopic (exact) mass is 247 g/mol. The highest BCUT2D eigenvalue weighted by Crippen LogP contribution is 2.20. The Hall–Kier alpha value is -2.10. The van der Waals surface area contributed by atoms with Gasteiger partial charge in [0.05, 0.1) is 0 Å². The van der Waals surface area contributed by atoms with Crippen molar-refractivity contribution in [2.75, 3.05) is 11.9 Å². The lowest BCUT2D eigenvalue weighted by Gasteiger charge is -2.16. The number of halogens is 1. The summed E-state index contributed by atoms with van der Waals surface area (Å²) in [6.07, 6.45) is 0. The summed E-state index contributed by atoms with van der Waals surface area (Å²) >= 11 is 0. The highest BCUT2D eigenvalue weighted by Gasteiger charge is 2.11. The molecule has 1 aromatic carbocycles. The van der Waals surface area contributed by atoms with Crippen molar-refractivity contribution < 1.29 is 13.6 Å². The van der Waals surface area contributed by atoms with Crippen LogP contribution in [0.3, 0.4) is 0 Å². The Kier molecular flexibility index (Phi) is 3.46. The number of hydrogen-bond donors (Lipinski definition) is 0. The first-order valence-corrected chi connectivity index (χ1v) is 5.63. The molecule has 4 heteroatoms. The average Bonchev–Trinajstić information content (AvgIpc) is 2.81. The topological polar surface area (TPSA) is 33.5 Å². The first kappa shape index (κ1) is 12.4. The molecule has 0 saturated carbocycles. The van der Waals surface area contributed by atoms with Crippen LogP contribution in [-0.4, -0.2) is 12.8 Å². The van der Waals surface area contributed by atoms with E-state index in [4.69, 9.17) is 4.42 Å². The number of benzene rings is 1. The summed E-state index contributed by atoms with van der Waals surface area (Å²) in [6.45, 7) is 1.83. The van der Waals surface area contributed by atoms with Crippen LogP contribution in [0.15, 0.2) is 40.8 Å². The van der Waals surface area contributed by atoms with Gasteiger partial charge in [-0.3, -0.25) is 4.79 Å². The van der Waals surface area contributed by atoms with Gasteiger partial charge in [0, 0.05) is 32.1 Å². The Morgan fingerprint density at radius 1 is 1.28 bits per heavy atom. The van der Waals surface area contributed by atoms with Crippen molar-refractivity contribution in [3.8, 4) is 0 Å². The first-order valence-electron chi connectivity index (χ1n) is 5.63. The maximum Gasteiger partial charge on any atom is 0.196 e. The predicted octanol–water partition coefficient (Wildman–Crippen LogP) is 3.26. The number of carbonyl (C=O) groups is 1. The van der Waals surface area contributed by atoms with Gasteiger partial charge in [-0.2, -0.15) is 0 Å². The van der Waals surface area contributed by atoms with E-state index in [1.807, 2.05) is 0 Å². The molecule has 1 aromatic heterocycles. The van der Waals surface area contributed by atoms with E-state index in [9.17, 15) is 9.18 Å². The zero-order chi connectivity index (χ0) is 13.1. The lowest BCUT2D eigenvalue weighted by molar-refractivity contribution is 0.0988. The minimum Gasteiger partial charge on any atom is -0.437 e. The Morgan fingerprint density at radius 3 is 2.61 bits per heavy atom. The van der Waals surface area contributed by atoms with Crippen LogP contribution in [0.1, 0.15) is 23.0 Å². The predicted molar refractivity (Wildman–Crippen MR) is 67.2 cm³/mol. The molecule has 0 bridgehead atoms. The van der Waals surface area contributed by atoms with E-state index in [1.165, 1.54) is 13.0 Å². The molecule has 0 amide bonds. The standard InChI is InChI=1S/C14H14FNO2/c1-10(17)13-7-8-14(18-13)16(2)9-11-5-3-4-6-12(11)15/h3-8H,9H2,1-2H3. The second-order valence-corrected chi connectivity index (χ2v) is 4.14. The highest BCUT2D eigenvalue weighted by molar-refractivity contribution is 5.91. The molecule has 0 aliphatic rings. The number of furan rings is 1. The van der Waals surface area contributed by atoms with Crippen molar-refractivity contribution in [1.29, 1.82) is 0 Å². The number of anilines is 1. The summed E-state index contributed by atoms with van der Waals surface area (Å²) in [6, 6.07) is 9.91.